The molecule has 1 heterocycles. The van der Waals surface area contributed by atoms with Gasteiger partial charge in [-0.15, -0.1) is 0 Å². The topological polar surface area (TPSA) is 83.8 Å². The van der Waals surface area contributed by atoms with E-state index in [0.29, 0.717) is 12.2 Å². The van der Waals surface area contributed by atoms with Crippen LogP contribution in [0.2, 0.25) is 0 Å². The molecule has 7 nitrogen and oxygen atoms in total. The highest BCUT2D eigenvalue weighted by Gasteiger charge is 2.31. The Kier molecular flexibility index (Phi) is 6.76. The molecule has 2 rings (SSSR count). The van der Waals surface area contributed by atoms with Crippen molar-refractivity contribution >= 4 is 17.9 Å². The van der Waals surface area contributed by atoms with E-state index in [-0.39, 0.29) is 29.8 Å². The molecule has 1 aromatic heterocycles. The fourth-order valence-corrected chi connectivity index (χ4v) is 2.98. The van der Waals surface area contributed by atoms with Crippen molar-refractivity contribution in [1.82, 2.24) is 4.57 Å². The molecular formula is C20H23NO6. The maximum atomic E-state index is 12.8. The quantitative estimate of drug-likeness (QED) is 0.548. The van der Waals surface area contributed by atoms with E-state index in [1.807, 2.05) is 37.3 Å². The number of hydrogen-bond acceptors (Lipinski definition) is 6. The highest BCUT2D eigenvalue weighted by atomic mass is 16.5. The number of hydrogen-bond donors (Lipinski definition) is 0. The van der Waals surface area contributed by atoms with Crippen molar-refractivity contribution in [2.75, 3.05) is 14.2 Å². The lowest BCUT2D eigenvalue weighted by Gasteiger charge is -2.08. The Balaban J connectivity index is 2.46. The molecule has 27 heavy (non-hydrogen) atoms. The van der Waals surface area contributed by atoms with Gasteiger partial charge in [-0.3, -0.25) is 4.79 Å². The third-order valence-electron chi connectivity index (χ3n) is 4.28. The van der Waals surface area contributed by atoms with Crippen molar-refractivity contribution < 1.29 is 28.6 Å². The van der Waals surface area contributed by atoms with E-state index >= 15 is 0 Å². The molecule has 0 atom stereocenters. The van der Waals surface area contributed by atoms with Crippen LogP contribution in [0, 0.1) is 6.92 Å². The van der Waals surface area contributed by atoms with Crippen LogP contribution in [0.4, 0.5) is 0 Å². The van der Waals surface area contributed by atoms with Crippen molar-refractivity contribution in [3.8, 4) is 0 Å². The second-order valence-corrected chi connectivity index (χ2v) is 5.84. The fraction of sp³-hybridized carbons (Fsp3) is 0.350. The maximum Gasteiger partial charge on any atom is 0.355 e. The number of methoxy groups -OCH3 is 2. The molecule has 144 valence electrons. The SMILES string of the molecule is CCn1c(C)c(C(=O)OCc2ccccc2)c(CC(=O)OC)c1C(=O)OC. The molecule has 2 aromatic rings. The minimum atomic E-state index is -0.624. The lowest BCUT2D eigenvalue weighted by molar-refractivity contribution is -0.139. The first kappa shape index (κ1) is 20.2. The summed E-state index contributed by atoms with van der Waals surface area (Å²) in [5.74, 6) is -1.79. The van der Waals surface area contributed by atoms with E-state index in [2.05, 4.69) is 0 Å². The van der Waals surface area contributed by atoms with Gasteiger partial charge in [0, 0.05) is 17.8 Å². The first-order valence-corrected chi connectivity index (χ1v) is 8.52. The van der Waals surface area contributed by atoms with Crippen LogP contribution in [0.25, 0.3) is 0 Å². The lowest BCUT2D eigenvalue weighted by Crippen LogP contribution is -2.16. The summed E-state index contributed by atoms with van der Waals surface area (Å²) in [6.07, 6.45) is -0.232. The van der Waals surface area contributed by atoms with Crippen molar-refractivity contribution in [3.63, 3.8) is 0 Å². The van der Waals surface area contributed by atoms with Crippen molar-refractivity contribution in [3.05, 3.63) is 58.4 Å². The van der Waals surface area contributed by atoms with Gasteiger partial charge in [0.25, 0.3) is 0 Å². The predicted octanol–water partition coefficient (Wildman–Crippen LogP) is 2.68. The molecule has 7 heteroatoms. The average Bonchev–Trinajstić information content (AvgIpc) is 2.97. The molecule has 0 saturated carbocycles. The molecule has 0 aliphatic heterocycles. The minimum absolute atomic E-state index is 0.0850. The first-order chi connectivity index (χ1) is 12.9. The molecule has 0 amide bonds. The molecule has 0 aliphatic rings. The molecule has 0 N–H and O–H groups in total. The van der Waals surface area contributed by atoms with Crippen LogP contribution in [-0.4, -0.2) is 36.7 Å². The van der Waals surface area contributed by atoms with Crippen LogP contribution in [0.1, 0.15) is 44.6 Å². The van der Waals surface area contributed by atoms with Crippen molar-refractivity contribution in [2.45, 2.75) is 33.4 Å². The summed E-state index contributed by atoms with van der Waals surface area (Å²) in [5, 5.41) is 0. The van der Waals surface area contributed by atoms with E-state index < -0.39 is 17.9 Å². The summed E-state index contributed by atoms with van der Waals surface area (Å²) >= 11 is 0. The lowest BCUT2D eigenvalue weighted by atomic mass is 10.1. The third kappa shape index (κ3) is 4.36. The Bertz CT molecular complexity index is 838. The molecule has 0 unspecified atom stereocenters. The summed E-state index contributed by atoms with van der Waals surface area (Å²) in [6.45, 7) is 4.05. The summed E-state index contributed by atoms with van der Waals surface area (Å²) in [5.41, 5.74) is 1.98. The first-order valence-electron chi connectivity index (χ1n) is 8.52. The molecule has 0 spiro atoms. The Morgan fingerprint density at radius 3 is 2.22 bits per heavy atom. The monoisotopic (exact) mass is 373 g/mol. The fourth-order valence-electron chi connectivity index (χ4n) is 2.98. The normalized spacial score (nSPS) is 10.4. The predicted molar refractivity (Wildman–Crippen MR) is 97.5 cm³/mol. The summed E-state index contributed by atoms with van der Waals surface area (Å²) in [6, 6.07) is 9.24. The van der Waals surface area contributed by atoms with Gasteiger partial charge in [0.2, 0.25) is 0 Å². The number of carbonyl (C=O) groups excluding carboxylic acids is 3. The Labute approximate surface area is 157 Å². The number of nitrogens with zero attached hydrogens (tertiary/aromatic N) is 1. The smallest absolute Gasteiger partial charge is 0.355 e. The zero-order valence-corrected chi connectivity index (χ0v) is 15.9. The summed E-state index contributed by atoms with van der Waals surface area (Å²) in [7, 11) is 2.50. The molecule has 1 aromatic carbocycles. The van der Waals surface area contributed by atoms with E-state index in [1.165, 1.54) is 14.2 Å². The van der Waals surface area contributed by atoms with Crippen LogP contribution in [-0.2, 0) is 38.6 Å². The second kappa shape index (κ2) is 9.02. The Morgan fingerprint density at radius 2 is 1.67 bits per heavy atom. The molecule has 0 saturated heterocycles. The largest absolute Gasteiger partial charge is 0.469 e. The average molecular weight is 373 g/mol. The van der Waals surface area contributed by atoms with E-state index in [1.54, 1.807) is 11.5 Å². The van der Waals surface area contributed by atoms with Crippen LogP contribution in [0.3, 0.4) is 0 Å². The maximum absolute atomic E-state index is 12.8. The van der Waals surface area contributed by atoms with Gasteiger partial charge >= 0.3 is 17.9 Å². The van der Waals surface area contributed by atoms with Gasteiger partial charge in [-0.25, -0.2) is 9.59 Å². The van der Waals surface area contributed by atoms with Gasteiger partial charge in [0.05, 0.1) is 26.2 Å². The van der Waals surface area contributed by atoms with Crippen LogP contribution < -0.4 is 0 Å². The number of ether oxygens (including phenoxy) is 3. The van der Waals surface area contributed by atoms with Crippen molar-refractivity contribution in [1.29, 1.82) is 0 Å². The van der Waals surface area contributed by atoms with Crippen LogP contribution in [0.5, 0.6) is 0 Å². The standard InChI is InChI=1S/C20H23NO6/c1-5-21-13(2)17(19(23)27-12-14-9-7-6-8-10-14)15(11-16(22)25-3)18(21)20(24)26-4/h6-10H,5,11-12H2,1-4H3. The van der Waals surface area contributed by atoms with Crippen LogP contribution in [0.15, 0.2) is 30.3 Å². The highest BCUT2D eigenvalue weighted by Crippen LogP contribution is 2.26. The number of carbonyl (C=O) groups is 3. The van der Waals surface area contributed by atoms with Gasteiger partial charge in [0.1, 0.15) is 12.3 Å². The van der Waals surface area contributed by atoms with Gasteiger partial charge < -0.3 is 18.8 Å². The molecule has 0 fully saturated rings. The van der Waals surface area contributed by atoms with Gasteiger partial charge in [-0.1, -0.05) is 30.3 Å². The van der Waals surface area contributed by atoms with E-state index in [9.17, 15) is 14.4 Å². The summed E-state index contributed by atoms with van der Waals surface area (Å²) in [4.78, 5) is 37.0. The van der Waals surface area contributed by atoms with E-state index in [4.69, 9.17) is 14.2 Å². The second-order valence-electron chi connectivity index (χ2n) is 5.84. The van der Waals surface area contributed by atoms with Crippen LogP contribution >= 0.6 is 0 Å². The third-order valence-corrected chi connectivity index (χ3v) is 4.28. The number of benzene rings is 1. The summed E-state index contributed by atoms with van der Waals surface area (Å²) < 4.78 is 16.6. The molecular weight excluding hydrogens is 350 g/mol. The molecule has 0 radical (unpaired) electrons. The number of rotatable bonds is 7. The van der Waals surface area contributed by atoms with E-state index in [0.717, 1.165) is 5.56 Å². The number of esters is 3. The van der Waals surface area contributed by atoms with Gasteiger partial charge in [-0.05, 0) is 19.4 Å². The zero-order chi connectivity index (χ0) is 20.0. The number of aromatic nitrogens is 1. The van der Waals surface area contributed by atoms with Gasteiger partial charge in [-0.2, -0.15) is 0 Å². The zero-order valence-electron chi connectivity index (χ0n) is 15.9. The highest BCUT2D eigenvalue weighted by molar-refractivity contribution is 6.00. The Morgan fingerprint density at radius 1 is 1.00 bits per heavy atom. The minimum Gasteiger partial charge on any atom is -0.469 e. The van der Waals surface area contributed by atoms with Crippen molar-refractivity contribution in [2.24, 2.45) is 0 Å². The van der Waals surface area contributed by atoms with Gasteiger partial charge in [0.15, 0.2) is 0 Å². The molecule has 0 aliphatic carbocycles. The molecule has 0 bridgehead atoms. The Hall–Kier alpha value is -3.09.